The summed E-state index contributed by atoms with van der Waals surface area (Å²) >= 11 is 0. The Hall–Kier alpha value is -2.01. The number of methoxy groups -OCH3 is 2. The van der Waals surface area contributed by atoms with Crippen LogP contribution >= 0.6 is 0 Å². The van der Waals surface area contributed by atoms with Crippen molar-refractivity contribution in [2.45, 2.75) is 6.92 Å². The Morgan fingerprint density at radius 2 is 1.82 bits per heavy atom. The highest BCUT2D eigenvalue weighted by Crippen LogP contribution is 2.27. The van der Waals surface area contributed by atoms with Crippen LogP contribution in [0.1, 0.15) is 12.5 Å². The average molecular weight is 304 g/mol. The van der Waals surface area contributed by atoms with Crippen molar-refractivity contribution >= 4 is 12.0 Å². The van der Waals surface area contributed by atoms with Crippen LogP contribution in [0.2, 0.25) is 0 Å². The topological polar surface area (TPSA) is 42.0 Å². The Morgan fingerprint density at radius 3 is 2.41 bits per heavy atom. The zero-order valence-electron chi connectivity index (χ0n) is 13.5. The van der Waals surface area contributed by atoms with Gasteiger partial charge in [-0.2, -0.15) is 0 Å². The molecule has 1 aromatic carbocycles. The Bertz CT molecular complexity index is 535. The van der Waals surface area contributed by atoms with Crippen LogP contribution < -0.4 is 9.47 Å². The minimum absolute atomic E-state index is 0.0607. The molecule has 0 N–H and O–H groups in total. The quantitative estimate of drug-likeness (QED) is 0.779. The zero-order chi connectivity index (χ0) is 15.9. The first-order valence-electron chi connectivity index (χ1n) is 7.59. The van der Waals surface area contributed by atoms with Gasteiger partial charge in [-0.1, -0.05) is 13.0 Å². The van der Waals surface area contributed by atoms with E-state index in [4.69, 9.17) is 9.47 Å². The van der Waals surface area contributed by atoms with Crippen molar-refractivity contribution in [2.24, 2.45) is 0 Å². The summed E-state index contributed by atoms with van der Waals surface area (Å²) in [4.78, 5) is 16.4. The van der Waals surface area contributed by atoms with Gasteiger partial charge in [0.05, 0.1) is 14.2 Å². The summed E-state index contributed by atoms with van der Waals surface area (Å²) in [5, 5.41) is 0. The summed E-state index contributed by atoms with van der Waals surface area (Å²) in [6.45, 7) is 6.68. The van der Waals surface area contributed by atoms with Gasteiger partial charge in [0.2, 0.25) is 5.91 Å². The van der Waals surface area contributed by atoms with Crippen molar-refractivity contribution in [3.05, 3.63) is 29.8 Å². The molecule has 1 aliphatic heterocycles. The first-order chi connectivity index (χ1) is 10.7. The Kier molecular flexibility index (Phi) is 5.83. The van der Waals surface area contributed by atoms with Gasteiger partial charge in [-0.05, 0) is 30.3 Å². The Morgan fingerprint density at radius 1 is 1.14 bits per heavy atom. The molecule has 0 saturated carbocycles. The number of ether oxygens (including phenoxy) is 2. The van der Waals surface area contributed by atoms with Crippen LogP contribution in [0.4, 0.5) is 0 Å². The number of carbonyl (C=O) groups is 1. The molecule has 22 heavy (non-hydrogen) atoms. The van der Waals surface area contributed by atoms with E-state index in [1.807, 2.05) is 29.2 Å². The highest BCUT2D eigenvalue weighted by molar-refractivity contribution is 5.92. The van der Waals surface area contributed by atoms with Crippen LogP contribution in [0.5, 0.6) is 11.5 Å². The lowest BCUT2D eigenvalue weighted by Crippen LogP contribution is -2.48. The van der Waals surface area contributed by atoms with Crippen LogP contribution in [0.25, 0.3) is 6.08 Å². The summed E-state index contributed by atoms with van der Waals surface area (Å²) in [6, 6.07) is 5.60. The first kappa shape index (κ1) is 16.4. The van der Waals surface area contributed by atoms with Crippen LogP contribution in [-0.2, 0) is 4.79 Å². The highest BCUT2D eigenvalue weighted by Gasteiger charge is 2.18. The number of carbonyl (C=O) groups excluding carboxylic acids is 1. The predicted octanol–water partition coefficient (Wildman–Crippen LogP) is 1.88. The molecule has 120 valence electrons. The van der Waals surface area contributed by atoms with Gasteiger partial charge in [0, 0.05) is 32.3 Å². The van der Waals surface area contributed by atoms with Crippen molar-refractivity contribution in [3.63, 3.8) is 0 Å². The number of rotatable bonds is 5. The van der Waals surface area contributed by atoms with E-state index in [2.05, 4.69) is 11.8 Å². The second kappa shape index (κ2) is 7.84. The molecular formula is C17H24N2O3. The molecule has 1 amide bonds. The Balaban J connectivity index is 1.98. The normalized spacial score (nSPS) is 16.0. The number of piperazine rings is 1. The third kappa shape index (κ3) is 4.01. The lowest BCUT2D eigenvalue weighted by molar-refractivity contribution is -0.127. The number of benzene rings is 1. The third-order valence-corrected chi connectivity index (χ3v) is 3.96. The van der Waals surface area contributed by atoms with Crippen LogP contribution in [0.15, 0.2) is 24.3 Å². The number of hydrogen-bond acceptors (Lipinski definition) is 4. The minimum Gasteiger partial charge on any atom is -0.493 e. The van der Waals surface area contributed by atoms with E-state index in [9.17, 15) is 4.79 Å². The third-order valence-electron chi connectivity index (χ3n) is 3.96. The maximum atomic E-state index is 12.2. The van der Waals surface area contributed by atoms with Gasteiger partial charge in [0.25, 0.3) is 0 Å². The largest absolute Gasteiger partial charge is 0.493 e. The number of likely N-dealkylation sites (N-methyl/N-ethyl adjacent to an activating group) is 1. The molecule has 0 bridgehead atoms. The lowest BCUT2D eigenvalue weighted by Gasteiger charge is -2.33. The van der Waals surface area contributed by atoms with E-state index in [-0.39, 0.29) is 5.91 Å². The smallest absolute Gasteiger partial charge is 0.246 e. The molecule has 1 saturated heterocycles. The summed E-state index contributed by atoms with van der Waals surface area (Å²) < 4.78 is 10.5. The number of nitrogens with zero attached hydrogens (tertiary/aromatic N) is 2. The van der Waals surface area contributed by atoms with Gasteiger partial charge in [-0.15, -0.1) is 0 Å². The van der Waals surface area contributed by atoms with Gasteiger partial charge in [0.1, 0.15) is 0 Å². The summed E-state index contributed by atoms with van der Waals surface area (Å²) in [5.41, 5.74) is 0.915. The molecule has 1 heterocycles. The first-order valence-corrected chi connectivity index (χ1v) is 7.59. The second-order valence-corrected chi connectivity index (χ2v) is 5.21. The minimum atomic E-state index is 0.0607. The molecule has 5 nitrogen and oxygen atoms in total. The highest BCUT2D eigenvalue weighted by atomic mass is 16.5. The van der Waals surface area contributed by atoms with E-state index in [1.165, 1.54) is 0 Å². The SMILES string of the molecule is CCN1CCN(C(=O)/C=C/c2ccc(OC)c(OC)c2)CC1. The number of hydrogen-bond donors (Lipinski definition) is 0. The standard InChI is InChI=1S/C17H24N2O3/c1-4-18-9-11-19(12-10-18)17(20)8-6-14-5-7-15(21-2)16(13-14)22-3/h5-8,13H,4,9-12H2,1-3H3/b8-6+. The maximum Gasteiger partial charge on any atom is 0.246 e. The van der Waals surface area contributed by atoms with E-state index in [0.717, 1.165) is 38.3 Å². The number of amides is 1. The summed E-state index contributed by atoms with van der Waals surface area (Å²) in [7, 11) is 3.20. The Labute approximate surface area is 132 Å². The van der Waals surface area contributed by atoms with Crippen molar-refractivity contribution in [1.29, 1.82) is 0 Å². The lowest BCUT2D eigenvalue weighted by atomic mass is 10.2. The van der Waals surface area contributed by atoms with Crippen molar-refractivity contribution in [1.82, 2.24) is 9.80 Å². The fourth-order valence-corrected chi connectivity index (χ4v) is 2.51. The molecular weight excluding hydrogens is 280 g/mol. The van der Waals surface area contributed by atoms with Crippen LogP contribution in [0, 0.1) is 0 Å². The molecule has 1 fully saturated rings. The van der Waals surface area contributed by atoms with Gasteiger partial charge in [0.15, 0.2) is 11.5 Å². The van der Waals surface area contributed by atoms with E-state index in [0.29, 0.717) is 11.5 Å². The van der Waals surface area contributed by atoms with Crippen molar-refractivity contribution in [3.8, 4) is 11.5 Å². The van der Waals surface area contributed by atoms with Crippen LogP contribution in [0.3, 0.4) is 0 Å². The van der Waals surface area contributed by atoms with Gasteiger partial charge < -0.3 is 19.3 Å². The van der Waals surface area contributed by atoms with Gasteiger partial charge in [-0.3, -0.25) is 4.79 Å². The predicted molar refractivity (Wildman–Crippen MR) is 87.3 cm³/mol. The van der Waals surface area contributed by atoms with E-state index >= 15 is 0 Å². The van der Waals surface area contributed by atoms with E-state index < -0.39 is 0 Å². The molecule has 0 aromatic heterocycles. The van der Waals surface area contributed by atoms with Crippen LogP contribution in [-0.4, -0.2) is 62.7 Å². The molecule has 2 rings (SSSR count). The molecule has 0 radical (unpaired) electrons. The van der Waals surface area contributed by atoms with Gasteiger partial charge in [-0.25, -0.2) is 0 Å². The molecule has 0 unspecified atom stereocenters. The molecule has 5 heteroatoms. The molecule has 1 aromatic rings. The van der Waals surface area contributed by atoms with Crippen molar-refractivity contribution in [2.75, 3.05) is 46.9 Å². The average Bonchev–Trinajstić information content (AvgIpc) is 2.59. The molecule has 0 atom stereocenters. The monoisotopic (exact) mass is 304 g/mol. The van der Waals surface area contributed by atoms with Gasteiger partial charge >= 0.3 is 0 Å². The summed E-state index contributed by atoms with van der Waals surface area (Å²) in [6.07, 6.45) is 3.44. The fourth-order valence-electron chi connectivity index (χ4n) is 2.51. The summed E-state index contributed by atoms with van der Waals surface area (Å²) in [5.74, 6) is 1.40. The fraction of sp³-hybridized carbons (Fsp3) is 0.471. The zero-order valence-corrected chi connectivity index (χ0v) is 13.5. The molecule has 0 aliphatic carbocycles. The van der Waals surface area contributed by atoms with Crippen molar-refractivity contribution < 1.29 is 14.3 Å². The second-order valence-electron chi connectivity index (χ2n) is 5.21. The molecule has 1 aliphatic rings. The van der Waals surface area contributed by atoms with E-state index in [1.54, 1.807) is 20.3 Å². The molecule has 0 spiro atoms. The maximum absolute atomic E-state index is 12.2.